The molecular formula is C16H13NO3. The number of hydrogen-bond acceptors (Lipinski definition) is 3. The molecule has 1 amide bonds. The van der Waals surface area contributed by atoms with Crippen LogP contribution in [0.25, 0.3) is 0 Å². The van der Waals surface area contributed by atoms with Crippen LogP contribution in [-0.4, -0.2) is 11.9 Å². The minimum atomic E-state index is -0.607. The van der Waals surface area contributed by atoms with Gasteiger partial charge in [0, 0.05) is 11.8 Å². The summed E-state index contributed by atoms with van der Waals surface area (Å²) in [5.41, 5.74) is 0.953. The molecule has 4 heteroatoms. The van der Waals surface area contributed by atoms with Crippen molar-refractivity contribution in [1.29, 1.82) is 0 Å². The normalized spacial score (nSPS) is 9.60. The summed E-state index contributed by atoms with van der Waals surface area (Å²) in [7, 11) is 0. The van der Waals surface area contributed by atoms with Gasteiger partial charge >= 0.3 is 5.97 Å². The molecule has 0 unspecified atom stereocenters. The fraction of sp³-hybridized carbons (Fsp3) is 0. The van der Waals surface area contributed by atoms with Crippen molar-refractivity contribution in [3.63, 3.8) is 0 Å². The van der Waals surface area contributed by atoms with Gasteiger partial charge in [0.25, 0.3) is 5.91 Å². The Labute approximate surface area is 116 Å². The lowest BCUT2D eigenvalue weighted by Crippen LogP contribution is -2.15. The molecule has 0 aliphatic rings. The molecule has 0 saturated heterocycles. The molecule has 0 aromatic heterocycles. The van der Waals surface area contributed by atoms with E-state index in [4.69, 9.17) is 4.74 Å². The number of carbonyl (C=O) groups is 2. The zero-order chi connectivity index (χ0) is 14.4. The molecule has 20 heavy (non-hydrogen) atoms. The average molecular weight is 267 g/mol. The maximum Gasteiger partial charge on any atom is 0.335 e. The molecule has 0 radical (unpaired) electrons. The van der Waals surface area contributed by atoms with E-state index in [-0.39, 0.29) is 17.2 Å². The second-order valence-electron chi connectivity index (χ2n) is 3.94. The third-order valence-electron chi connectivity index (χ3n) is 2.54. The molecule has 1 N–H and O–H groups in total. The molecule has 0 spiro atoms. The van der Waals surface area contributed by atoms with Crippen LogP contribution < -0.4 is 10.1 Å². The lowest BCUT2D eigenvalue weighted by atomic mass is 10.2. The molecule has 0 fully saturated rings. The van der Waals surface area contributed by atoms with Crippen LogP contribution in [0.1, 0.15) is 10.4 Å². The minimum Gasteiger partial charge on any atom is -0.423 e. The maximum atomic E-state index is 12.2. The summed E-state index contributed by atoms with van der Waals surface area (Å²) in [6.07, 6.45) is 1.05. The zero-order valence-electron chi connectivity index (χ0n) is 10.7. The Hall–Kier alpha value is -2.88. The van der Waals surface area contributed by atoms with Crippen molar-refractivity contribution >= 4 is 17.6 Å². The first-order chi connectivity index (χ1) is 9.70. The Morgan fingerprint density at radius 1 is 1.00 bits per heavy atom. The van der Waals surface area contributed by atoms with Gasteiger partial charge in [-0.15, -0.1) is 0 Å². The van der Waals surface area contributed by atoms with E-state index in [9.17, 15) is 9.59 Å². The molecule has 2 aromatic rings. The first-order valence-electron chi connectivity index (χ1n) is 6.00. The number of carbonyl (C=O) groups excluding carboxylic acids is 2. The summed E-state index contributed by atoms with van der Waals surface area (Å²) in [5.74, 6) is -0.751. The van der Waals surface area contributed by atoms with E-state index >= 15 is 0 Å². The first kappa shape index (κ1) is 13.5. The van der Waals surface area contributed by atoms with Crippen molar-refractivity contribution in [2.24, 2.45) is 0 Å². The number of hydrogen-bond donors (Lipinski definition) is 1. The highest BCUT2D eigenvalue weighted by Gasteiger charge is 2.13. The van der Waals surface area contributed by atoms with Gasteiger partial charge in [-0.3, -0.25) is 4.79 Å². The van der Waals surface area contributed by atoms with E-state index in [1.807, 2.05) is 18.2 Å². The molecular weight excluding hydrogens is 254 g/mol. The van der Waals surface area contributed by atoms with Crippen molar-refractivity contribution in [2.45, 2.75) is 0 Å². The smallest absolute Gasteiger partial charge is 0.335 e. The van der Waals surface area contributed by atoms with Crippen LogP contribution in [0.3, 0.4) is 0 Å². The van der Waals surface area contributed by atoms with Crippen LogP contribution in [0, 0.1) is 0 Å². The van der Waals surface area contributed by atoms with Gasteiger partial charge in [-0.25, -0.2) is 4.79 Å². The SMILES string of the molecule is C=CC(=O)Oc1ccccc1C(=O)Nc1ccccc1. The molecule has 0 saturated carbocycles. The van der Waals surface area contributed by atoms with Crippen molar-refractivity contribution in [3.05, 3.63) is 72.8 Å². The van der Waals surface area contributed by atoms with E-state index in [1.54, 1.807) is 36.4 Å². The van der Waals surface area contributed by atoms with Crippen LogP contribution in [0.5, 0.6) is 5.75 Å². The molecule has 4 nitrogen and oxygen atoms in total. The summed E-state index contributed by atoms with van der Waals surface area (Å²) in [6, 6.07) is 15.6. The molecule has 2 aromatic carbocycles. The number of benzene rings is 2. The van der Waals surface area contributed by atoms with Crippen LogP contribution in [-0.2, 0) is 4.79 Å². The number of rotatable bonds is 4. The van der Waals surface area contributed by atoms with E-state index in [1.165, 1.54) is 0 Å². The van der Waals surface area contributed by atoms with E-state index in [0.29, 0.717) is 5.69 Å². The van der Waals surface area contributed by atoms with Gasteiger partial charge in [-0.1, -0.05) is 36.9 Å². The Kier molecular flexibility index (Phi) is 4.29. The predicted octanol–water partition coefficient (Wildman–Crippen LogP) is 3.03. The monoisotopic (exact) mass is 267 g/mol. The quantitative estimate of drug-likeness (QED) is 0.526. The highest BCUT2D eigenvalue weighted by Crippen LogP contribution is 2.20. The van der Waals surface area contributed by atoms with Crippen LogP contribution >= 0.6 is 0 Å². The van der Waals surface area contributed by atoms with Gasteiger partial charge < -0.3 is 10.1 Å². The van der Waals surface area contributed by atoms with Gasteiger partial charge in [0.05, 0.1) is 5.56 Å². The van der Waals surface area contributed by atoms with Crippen molar-refractivity contribution in [3.8, 4) is 5.75 Å². The molecule has 0 aliphatic carbocycles. The second kappa shape index (κ2) is 6.33. The predicted molar refractivity (Wildman–Crippen MR) is 76.7 cm³/mol. The summed E-state index contributed by atoms with van der Waals surface area (Å²) < 4.78 is 5.04. The van der Waals surface area contributed by atoms with Crippen molar-refractivity contribution < 1.29 is 14.3 Å². The number of esters is 1. The van der Waals surface area contributed by atoms with Gasteiger partial charge in [0.15, 0.2) is 0 Å². The van der Waals surface area contributed by atoms with E-state index in [2.05, 4.69) is 11.9 Å². The molecule has 0 atom stereocenters. The van der Waals surface area contributed by atoms with Gasteiger partial charge in [0.1, 0.15) is 5.75 Å². The number of anilines is 1. The lowest BCUT2D eigenvalue weighted by molar-refractivity contribution is -0.128. The Bertz CT molecular complexity index is 635. The number of amides is 1. The zero-order valence-corrected chi connectivity index (χ0v) is 10.7. The summed E-state index contributed by atoms with van der Waals surface area (Å²) in [4.78, 5) is 23.4. The minimum absolute atomic E-state index is 0.200. The topological polar surface area (TPSA) is 55.4 Å². The third-order valence-corrected chi connectivity index (χ3v) is 2.54. The highest BCUT2D eigenvalue weighted by atomic mass is 16.5. The average Bonchev–Trinajstić information content (AvgIpc) is 2.48. The molecule has 0 bridgehead atoms. The van der Waals surface area contributed by atoms with Crippen molar-refractivity contribution in [2.75, 3.05) is 5.32 Å². The van der Waals surface area contributed by atoms with Crippen molar-refractivity contribution in [1.82, 2.24) is 0 Å². The first-order valence-corrected chi connectivity index (χ1v) is 6.00. The molecule has 0 heterocycles. The summed E-state index contributed by atoms with van der Waals surface area (Å²) >= 11 is 0. The molecule has 100 valence electrons. The van der Waals surface area contributed by atoms with Crippen LogP contribution in [0.15, 0.2) is 67.3 Å². The number of ether oxygens (including phenoxy) is 1. The maximum absolute atomic E-state index is 12.2. The second-order valence-corrected chi connectivity index (χ2v) is 3.94. The van der Waals surface area contributed by atoms with Gasteiger partial charge in [-0.2, -0.15) is 0 Å². The summed E-state index contributed by atoms with van der Waals surface area (Å²) in [5, 5.41) is 2.73. The van der Waals surface area contributed by atoms with Crippen LogP contribution in [0.4, 0.5) is 5.69 Å². The fourth-order valence-electron chi connectivity index (χ4n) is 1.61. The standard InChI is InChI=1S/C16H13NO3/c1-2-15(18)20-14-11-7-6-10-13(14)16(19)17-12-8-4-3-5-9-12/h2-11H,1H2,(H,17,19). The number of nitrogens with one attached hydrogen (secondary N) is 1. The Morgan fingerprint density at radius 3 is 2.35 bits per heavy atom. The lowest BCUT2D eigenvalue weighted by Gasteiger charge is -2.09. The Balaban J connectivity index is 2.21. The van der Waals surface area contributed by atoms with Gasteiger partial charge in [0.2, 0.25) is 0 Å². The third kappa shape index (κ3) is 3.32. The Morgan fingerprint density at radius 2 is 1.65 bits per heavy atom. The van der Waals surface area contributed by atoms with Gasteiger partial charge in [-0.05, 0) is 24.3 Å². The number of para-hydroxylation sites is 2. The largest absolute Gasteiger partial charge is 0.423 e. The van der Waals surface area contributed by atoms with E-state index < -0.39 is 5.97 Å². The van der Waals surface area contributed by atoms with Crippen LogP contribution in [0.2, 0.25) is 0 Å². The van der Waals surface area contributed by atoms with E-state index in [0.717, 1.165) is 6.08 Å². The molecule has 0 aliphatic heterocycles. The fourth-order valence-corrected chi connectivity index (χ4v) is 1.61. The molecule has 2 rings (SSSR count). The highest BCUT2D eigenvalue weighted by molar-refractivity contribution is 6.06. The summed E-state index contributed by atoms with van der Waals surface area (Å²) in [6.45, 7) is 3.32.